The van der Waals surface area contributed by atoms with Crippen molar-refractivity contribution in [2.24, 2.45) is 68.4 Å². The summed E-state index contributed by atoms with van der Waals surface area (Å²) in [5.74, 6) is 1.36. The number of fused-ring (bicyclic) bond motifs is 4. The largest absolute Gasteiger partial charge is 0.514 e. The number of benzene rings is 6. The number of amides is 4. The second-order valence-electron chi connectivity index (χ2n) is 33.7. The maximum atomic E-state index is 14.8. The molecule has 0 unspecified atom stereocenters. The number of hydrogen-bond acceptors (Lipinski definition) is 25. The number of nitro benzene ring substituents is 2. The first-order chi connectivity index (χ1) is 59.5. The highest BCUT2D eigenvalue weighted by molar-refractivity contribution is 6.61. The molecule has 7 aromatic rings. The van der Waals surface area contributed by atoms with Crippen LogP contribution in [-0.2, 0) is 37.1 Å². The number of non-ortho nitro benzene ring substituents is 2. The number of carbonyl (C=O) groups excluding carboxylic acids is 6. The van der Waals surface area contributed by atoms with Crippen LogP contribution in [0.4, 0.5) is 32.3 Å². The molecule has 36 heteroatoms. The van der Waals surface area contributed by atoms with Gasteiger partial charge in [-0.3, -0.25) is 54.1 Å². The van der Waals surface area contributed by atoms with E-state index in [-0.39, 0.29) is 102 Å². The predicted octanol–water partition coefficient (Wildman–Crippen LogP) is 15.1. The van der Waals surface area contributed by atoms with Crippen LogP contribution in [0, 0.1) is 78.4 Å². The molecular formula is C89H110ClN17O18. The zero-order valence-corrected chi connectivity index (χ0v) is 73.7. The first-order valence-corrected chi connectivity index (χ1v) is 41.5. The summed E-state index contributed by atoms with van der Waals surface area (Å²) < 4.78 is 27.6. The third-order valence-corrected chi connectivity index (χ3v) is 25.5. The van der Waals surface area contributed by atoms with Gasteiger partial charge in [0, 0.05) is 163 Å². The summed E-state index contributed by atoms with van der Waals surface area (Å²) in [6.07, 6.45) is 2.95. The van der Waals surface area contributed by atoms with E-state index >= 15 is 0 Å². The normalized spacial score (nSPS) is 23.7. The zero-order valence-electron chi connectivity index (χ0n) is 72.9. The lowest BCUT2D eigenvalue weighted by molar-refractivity contribution is -0.385. The molecule has 1 aromatic heterocycles. The van der Waals surface area contributed by atoms with E-state index in [1.165, 1.54) is 60.0 Å². The van der Waals surface area contributed by atoms with Crippen LogP contribution in [-0.4, -0.2) is 183 Å². The number of azide groups is 2. The van der Waals surface area contributed by atoms with Crippen LogP contribution >= 0.6 is 11.6 Å². The van der Waals surface area contributed by atoms with E-state index in [4.69, 9.17) is 45.8 Å². The molecule has 2 saturated heterocycles. The molecule has 15 rings (SSSR count). The number of hydrogen-bond donors (Lipinski definition) is 5. The molecule has 8 fully saturated rings. The van der Waals surface area contributed by atoms with Crippen molar-refractivity contribution >= 4 is 69.6 Å². The van der Waals surface area contributed by atoms with Crippen LogP contribution in [0.15, 0.2) is 162 Å². The molecule has 0 spiro atoms. The Morgan fingerprint density at radius 2 is 1.02 bits per heavy atom. The Balaban J connectivity index is 0.000000218. The second-order valence-corrected chi connectivity index (χ2v) is 34.0. The molecule has 35 nitrogen and oxygen atoms in total. The lowest BCUT2D eigenvalue weighted by atomic mass is 9.45. The lowest BCUT2D eigenvalue weighted by Gasteiger charge is -2.62. The van der Waals surface area contributed by atoms with E-state index < -0.39 is 69.8 Å². The van der Waals surface area contributed by atoms with E-state index in [1.807, 2.05) is 117 Å². The number of halogens is 1. The molecule has 666 valence electrons. The van der Waals surface area contributed by atoms with Crippen molar-refractivity contribution in [2.45, 2.75) is 143 Å². The number of nitrogens with zero attached hydrogens (tertiary/aromatic N) is 13. The third-order valence-electron chi connectivity index (χ3n) is 25.5. The smallest absolute Gasteiger partial charge is 0.496 e. The van der Waals surface area contributed by atoms with E-state index in [0.29, 0.717) is 63.3 Å². The van der Waals surface area contributed by atoms with Crippen LogP contribution in [0.3, 0.4) is 0 Å². The van der Waals surface area contributed by atoms with Gasteiger partial charge in [-0.2, -0.15) is 10.1 Å². The quantitative estimate of drug-likeness (QED) is 0.00466. The summed E-state index contributed by atoms with van der Waals surface area (Å²) in [5, 5.41) is 55.1. The molecule has 125 heavy (non-hydrogen) atoms. The van der Waals surface area contributed by atoms with Gasteiger partial charge in [-0.15, -0.1) is 0 Å². The van der Waals surface area contributed by atoms with E-state index in [0.717, 1.165) is 52.9 Å². The highest BCUT2D eigenvalue weighted by Gasteiger charge is 2.60. The summed E-state index contributed by atoms with van der Waals surface area (Å²) in [6.45, 7) is 16.9. The highest BCUT2D eigenvalue weighted by Crippen LogP contribution is 2.62. The minimum absolute atomic E-state index is 0.0235. The molecule has 4 amide bonds. The Morgan fingerprint density at radius 1 is 0.608 bits per heavy atom. The fourth-order valence-electron chi connectivity index (χ4n) is 18.5. The van der Waals surface area contributed by atoms with E-state index in [2.05, 4.69) is 92.6 Å². The van der Waals surface area contributed by atoms with Crippen molar-refractivity contribution in [3.05, 3.63) is 215 Å². The Hall–Kier alpha value is -12.2. The summed E-state index contributed by atoms with van der Waals surface area (Å²) >= 11 is 4.92. The zero-order chi connectivity index (χ0) is 91.1. The Bertz CT molecular complexity index is 5090. The van der Waals surface area contributed by atoms with Gasteiger partial charge >= 0.3 is 11.6 Å². The van der Waals surface area contributed by atoms with Gasteiger partial charge < -0.3 is 59.9 Å². The minimum Gasteiger partial charge on any atom is -0.496 e. The van der Waals surface area contributed by atoms with Gasteiger partial charge in [-0.1, -0.05) is 94.2 Å². The van der Waals surface area contributed by atoms with Crippen LogP contribution in [0.25, 0.3) is 43.1 Å². The Labute approximate surface area is 730 Å². The highest BCUT2D eigenvalue weighted by atomic mass is 35.5. The van der Waals surface area contributed by atoms with Crippen LogP contribution in [0.1, 0.15) is 113 Å². The summed E-state index contributed by atoms with van der Waals surface area (Å²) in [4.78, 5) is 124. The number of aliphatic hydroxyl groups excluding tert-OH is 1. The molecule has 0 radical (unpaired) electrons. The number of ether oxygens (including phenoxy) is 5. The van der Waals surface area contributed by atoms with Gasteiger partial charge in [0.2, 0.25) is 11.8 Å². The maximum Gasteiger partial charge on any atom is 0.514 e. The van der Waals surface area contributed by atoms with Gasteiger partial charge in [0.1, 0.15) is 41.2 Å². The summed E-state index contributed by atoms with van der Waals surface area (Å²) in [6, 6.07) is 36.3. The van der Waals surface area contributed by atoms with E-state index in [1.54, 1.807) is 71.8 Å². The van der Waals surface area contributed by atoms with Crippen molar-refractivity contribution in [1.82, 2.24) is 36.4 Å². The predicted molar refractivity (Wildman–Crippen MR) is 468 cm³/mol. The average molecular weight is 1740 g/mol. The van der Waals surface area contributed by atoms with Crippen LogP contribution in [0.2, 0.25) is 0 Å². The number of nitrogens with one attached hydrogen (secondary N) is 4. The van der Waals surface area contributed by atoms with E-state index in [9.17, 15) is 59.6 Å². The van der Waals surface area contributed by atoms with Crippen molar-refractivity contribution < 1.29 is 77.1 Å². The molecule has 3 heterocycles. The van der Waals surface area contributed by atoms with Gasteiger partial charge in [-0.05, 0) is 181 Å². The molecule has 6 aromatic carbocycles. The maximum absolute atomic E-state index is 14.8. The SMILES string of the molecule is CNC(=O)c1cc(-c2cccc(CN3O[C@@H](CN=[N+]=[N-])[C@@H]([C@H](C)O)[C@H]3C(=O)N[C@H]3C[C@H]4C[C@@H]([C@@H]3C)C4(C)C)c2OC)cc(N(C)C)c1.CNC(=O)c1cc(-c2cccc(CN3O[C@@H](CN=[N+]=[N-])[C@@H]([C@H](C)OC(=O)Oc4ccc([N+](=O)[O-])cc4)[C@H]3C(=O)N[C@H]3C[C@H]4C[C@@H]([C@@H]3C)C4(C)C)c2OC)cc(N(C)C)c1.O=C(Cl)Oc1ccc([N+](=O)[O-])cc1.c1ccncc1. The van der Waals surface area contributed by atoms with Crippen molar-refractivity contribution in [1.29, 1.82) is 0 Å². The molecule has 8 aliphatic rings. The molecular weight excluding hydrogens is 1630 g/mol. The molecule has 2 aliphatic heterocycles. The third kappa shape index (κ3) is 22.3. The average Bonchev–Trinajstić information content (AvgIpc) is 1.24. The molecule has 6 saturated carbocycles. The molecule has 6 aliphatic carbocycles. The van der Waals surface area contributed by atoms with Gasteiger partial charge in [-0.25, -0.2) is 9.59 Å². The second kappa shape index (κ2) is 42.0. The molecule has 16 atom stereocenters. The minimum atomic E-state index is -1.10. The fraction of sp³-hybridized carbons (Fsp3) is 0.472. The van der Waals surface area contributed by atoms with Crippen molar-refractivity contribution in [3.8, 4) is 45.3 Å². The summed E-state index contributed by atoms with van der Waals surface area (Å²) in [7, 11) is 13.9. The van der Waals surface area contributed by atoms with Gasteiger partial charge in [0.05, 0.1) is 74.5 Å². The van der Waals surface area contributed by atoms with Gasteiger partial charge in [0.25, 0.3) is 23.2 Å². The number of para-hydroxylation sites is 2. The van der Waals surface area contributed by atoms with Gasteiger partial charge in [0.15, 0.2) is 0 Å². The van der Waals surface area contributed by atoms with Crippen molar-refractivity contribution in [3.63, 3.8) is 0 Å². The number of carbonyl (C=O) groups is 6. The number of anilines is 2. The Kier molecular flexibility index (Phi) is 31.9. The van der Waals surface area contributed by atoms with Crippen LogP contribution in [0.5, 0.6) is 23.0 Å². The number of nitro groups is 2. The standard InChI is InChI=1S/C42H52N8O9.C35H49N7O5.C7H4ClNO4.C5H5N/c1-23-33-19-28(42(33,3)4)20-34(23)46-40(52)37-36(24(2)57-41(53)58-31-14-12-29(13-15-31)50(54)55)35(21-45-47-43)59-49(37)22-25-10-9-11-32(38(25)56-8)26-16-27(39(51)44-5)18-30(17-26)48(6)7;1-19-27-15-24(35(27,3)4)16-28(19)39-34(45)31-30(20(2)43)29(17-38-40-36)47-42(31)18-21-10-9-11-26(32(21)46-8)22-12-23(33(44)37-5)14-25(13-22)41(6)7;8-7(10)13-6-3-1-5(2-4-6)9(11)12;1-2-4-6-5-3-1/h9-18,23-24,28,33-37H,19-22H2,1-8H3,(H,44,51)(H,46,52);9-14,19-20,24,27-31,43H,15-18H2,1-8H3,(H,37,44)(H,39,45);1-4H;1-5H/t23-,24-,28+,33-,34-,35-,36+,37-;19-,20-,24+,27-,28-,29-,30+,31-;;/m00../s1. The van der Waals surface area contributed by atoms with Crippen molar-refractivity contribution in [2.75, 3.05) is 79.4 Å². The first kappa shape index (κ1) is 95.0. The number of hydroxylamine groups is 4. The molecule has 4 bridgehead atoms. The van der Waals surface area contributed by atoms with Crippen LogP contribution < -0.4 is 50.0 Å². The number of rotatable bonds is 27. The molecule has 5 N–H and O–H groups in total. The first-order valence-electron chi connectivity index (χ1n) is 41.2. The number of methoxy groups -OCH3 is 2. The number of aliphatic hydroxyl groups is 1. The monoisotopic (exact) mass is 1740 g/mol. The topological polar surface area (TPSA) is 445 Å². The number of aromatic nitrogens is 1. The summed E-state index contributed by atoms with van der Waals surface area (Å²) in [5.41, 5.74) is 24.7. The number of pyridine rings is 1. The lowest BCUT2D eigenvalue weighted by Crippen LogP contribution is -2.62. The Morgan fingerprint density at radius 3 is 1.35 bits per heavy atom. The fourth-order valence-corrected chi connectivity index (χ4v) is 18.6.